The van der Waals surface area contributed by atoms with Gasteiger partial charge in [-0.1, -0.05) is 17.4 Å². The van der Waals surface area contributed by atoms with E-state index in [4.69, 9.17) is 14.6 Å². The largest absolute Gasteiger partial charge is 0.493 e. The summed E-state index contributed by atoms with van der Waals surface area (Å²) in [4.78, 5) is 30.0. The number of amidine groups is 1. The number of nitrogens with zero attached hydrogens (tertiary/aromatic N) is 4. The number of methoxy groups -OCH3 is 1. The number of amides is 1. The fraction of sp³-hybridized carbons (Fsp3) is 0.278. The van der Waals surface area contributed by atoms with E-state index in [2.05, 4.69) is 15.2 Å². The molecule has 0 bridgehead atoms. The van der Waals surface area contributed by atoms with Gasteiger partial charge in [0.1, 0.15) is 5.01 Å². The number of carboxylic acid groups (broad SMARTS) is 1. The van der Waals surface area contributed by atoms with Crippen molar-refractivity contribution in [1.82, 2.24) is 15.1 Å². The highest BCUT2D eigenvalue weighted by Gasteiger charge is 2.32. The summed E-state index contributed by atoms with van der Waals surface area (Å²) in [5, 5.41) is 18.5. The van der Waals surface area contributed by atoms with Gasteiger partial charge in [-0.2, -0.15) is 4.99 Å². The third kappa shape index (κ3) is 4.93. The molecule has 2 heterocycles. The van der Waals surface area contributed by atoms with Crippen LogP contribution in [0.3, 0.4) is 0 Å². The molecule has 0 radical (unpaired) electrons. The molecular weight excluding hydrogens is 416 g/mol. The normalized spacial score (nSPS) is 16.7. The lowest BCUT2D eigenvalue weighted by atomic mass is 10.2. The van der Waals surface area contributed by atoms with Crippen LogP contribution >= 0.6 is 23.1 Å². The van der Waals surface area contributed by atoms with Gasteiger partial charge in [-0.3, -0.25) is 9.69 Å². The van der Waals surface area contributed by atoms with Crippen molar-refractivity contribution >= 4 is 51.4 Å². The summed E-state index contributed by atoms with van der Waals surface area (Å²) in [5.74, 6) is -0.542. The first kappa shape index (κ1) is 20.8. The standard InChI is InChI=1S/C18H18N4O5S2/c1-4-22-16(25)14(29-18(22)19-17-21-20-10(2)28-17)8-11-5-6-12(13(7-11)26-3)27-9-15(23)24/h5-8H,4,9H2,1-3H3,(H,23,24)/b14-8+,19-18+. The number of thioether (sulfide) groups is 1. The van der Waals surface area contributed by atoms with Crippen LogP contribution in [0.2, 0.25) is 0 Å². The number of aromatic nitrogens is 2. The maximum absolute atomic E-state index is 12.7. The van der Waals surface area contributed by atoms with Gasteiger partial charge < -0.3 is 14.6 Å². The first-order chi connectivity index (χ1) is 13.9. The van der Waals surface area contributed by atoms with E-state index >= 15 is 0 Å². The van der Waals surface area contributed by atoms with Crippen molar-refractivity contribution in [3.63, 3.8) is 0 Å². The maximum Gasteiger partial charge on any atom is 0.341 e. The van der Waals surface area contributed by atoms with E-state index in [1.165, 1.54) is 30.2 Å². The van der Waals surface area contributed by atoms with Crippen molar-refractivity contribution in [2.24, 2.45) is 4.99 Å². The minimum Gasteiger partial charge on any atom is -0.493 e. The predicted octanol–water partition coefficient (Wildman–Crippen LogP) is 2.94. The second kappa shape index (κ2) is 9.05. The van der Waals surface area contributed by atoms with Gasteiger partial charge in [-0.15, -0.1) is 10.2 Å². The molecule has 1 fully saturated rings. The first-order valence-electron chi connectivity index (χ1n) is 8.54. The Bertz CT molecular complexity index is 1000. The number of aryl methyl sites for hydroxylation is 1. The molecule has 1 amide bonds. The SMILES string of the molecule is CCN1C(=O)/C(=C\c2ccc(OCC(=O)O)c(OC)c2)S/C1=N/c1nnc(C)s1. The number of benzene rings is 1. The molecule has 0 saturated carbocycles. The first-order valence-corrected chi connectivity index (χ1v) is 10.2. The fourth-order valence-electron chi connectivity index (χ4n) is 2.47. The molecule has 1 aromatic heterocycles. The molecule has 11 heteroatoms. The topological polar surface area (TPSA) is 114 Å². The van der Waals surface area contributed by atoms with E-state index in [0.29, 0.717) is 38.8 Å². The van der Waals surface area contributed by atoms with E-state index in [1.54, 1.807) is 29.2 Å². The summed E-state index contributed by atoms with van der Waals surface area (Å²) < 4.78 is 10.5. The number of hydrogen-bond acceptors (Lipinski definition) is 9. The molecule has 1 aromatic carbocycles. The van der Waals surface area contributed by atoms with Crippen molar-refractivity contribution in [3.05, 3.63) is 33.7 Å². The van der Waals surface area contributed by atoms with E-state index in [0.717, 1.165) is 5.01 Å². The average molecular weight is 434 g/mol. The Labute approximate surface area is 175 Å². The summed E-state index contributed by atoms with van der Waals surface area (Å²) in [5.41, 5.74) is 0.712. The van der Waals surface area contributed by atoms with Crippen LogP contribution in [0.5, 0.6) is 11.5 Å². The Morgan fingerprint density at radius 2 is 2.14 bits per heavy atom. The summed E-state index contributed by atoms with van der Waals surface area (Å²) in [6.45, 7) is 3.72. The van der Waals surface area contributed by atoms with E-state index < -0.39 is 12.6 Å². The number of hydrogen-bond donors (Lipinski definition) is 1. The van der Waals surface area contributed by atoms with Gasteiger partial charge in [-0.05, 0) is 49.4 Å². The zero-order valence-corrected chi connectivity index (χ0v) is 17.5. The molecule has 1 aliphatic rings. The van der Waals surface area contributed by atoms with Gasteiger partial charge in [0.05, 0.1) is 12.0 Å². The molecule has 3 rings (SSSR count). The van der Waals surface area contributed by atoms with Crippen LogP contribution in [0.15, 0.2) is 28.1 Å². The molecule has 9 nitrogen and oxygen atoms in total. The van der Waals surface area contributed by atoms with E-state index in [9.17, 15) is 9.59 Å². The maximum atomic E-state index is 12.7. The van der Waals surface area contributed by atoms with Gasteiger partial charge in [0.2, 0.25) is 5.13 Å². The second-order valence-electron chi connectivity index (χ2n) is 5.75. The van der Waals surface area contributed by atoms with Gasteiger partial charge in [0, 0.05) is 6.54 Å². The quantitative estimate of drug-likeness (QED) is 0.662. The number of likely N-dealkylation sites (N-methyl/N-ethyl adjacent to an activating group) is 1. The van der Waals surface area contributed by atoms with Gasteiger partial charge in [0.15, 0.2) is 23.3 Å². The monoisotopic (exact) mass is 434 g/mol. The van der Waals surface area contributed by atoms with Crippen molar-refractivity contribution in [2.45, 2.75) is 13.8 Å². The fourth-order valence-corrected chi connectivity index (χ4v) is 4.13. The lowest BCUT2D eigenvalue weighted by Crippen LogP contribution is -2.28. The van der Waals surface area contributed by atoms with Crippen LogP contribution in [0.1, 0.15) is 17.5 Å². The van der Waals surface area contributed by atoms with Gasteiger partial charge >= 0.3 is 5.97 Å². The highest BCUT2D eigenvalue weighted by molar-refractivity contribution is 8.18. The molecule has 1 N–H and O–H groups in total. The van der Waals surface area contributed by atoms with Crippen LogP contribution in [-0.2, 0) is 9.59 Å². The van der Waals surface area contributed by atoms with Crippen LogP contribution in [0.25, 0.3) is 6.08 Å². The number of carbonyl (C=O) groups is 2. The van der Waals surface area contributed by atoms with Crippen LogP contribution < -0.4 is 9.47 Å². The minimum absolute atomic E-state index is 0.150. The Morgan fingerprint density at radius 1 is 1.34 bits per heavy atom. The van der Waals surface area contributed by atoms with Crippen molar-refractivity contribution in [3.8, 4) is 11.5 Å². The number of carbonyl (C=O) groups excluding carboxylic acids is 1. The third-order valence-electron chi connectivity index (χ3n) is 3.75. The van der Waals surface area contributed by atoms with Crippen LogP contribution in [0.4, 0.5) is 5.13 Å². The Morgan fingerprint density at radius 3 is 2.76 bits per heavy atom. The molecule has 0 spiro atoms. The number of ether oxygens (including phenoxy) is 2. The van der Waals surface area contributed by atoms with Crippen LogP contribution in [-0.4, -0.2) is 57.5 Å². The lowest BCUT2D eigenvalue weighted by Gasteiger charge is -2.11. The van der Waals surface area contributed by atoms with E-state index in [-0.39, 0.29) is 5.91 Å². The molecule has 2 aromatic rings. The third-order valence-corrected chi connectivity index (χ3v) is 5.49. The number of rotatable bonds is 7. The van der Waals surface area contributed by atoms with Crippen molar-refractivity contribution < 1.29 is 24.2 Å². The van der Waals surface area contributed by atoms with Gasteiger partial charge in [-0.25, -0.2) is 4.79 Å². The lowest BCUT2D eigenvalue weighted by molar-refractivity contribution is -0.139. The van der Waals surface area contributed by atoms with Crippen molar-refractivity contribution in [1.29, 1.82) is 0 Å². The van der Waals surface area contributed by atoms with Crippen molar-refractivity contribution in [2.75, 3.05) is 20.3 Å². The zero-order chi connectivity index (χ0) is 21.0. The number of aliphatic carboxylic acids is 1. The summed E-state index contributed by atoms with van der Waals surface area (Å²) in [6.07, 6.45) is 1.73. The summed E-state index contributed by atoms with van der Waals surface area (Å²) in [7, 11) is 1.46. The summed E-state index contributed by atoms with van der Waals surface area (Å²) >= 11 is 2.61. The van der Waals surface area contributed by atoms with E-state index in [1.807, 2.05) is 13.8 Å². The Kier molecular flexibility index (Phi) is 6.49. The molecular formula is C18H18N4O5S2. The predicted molar refractivity (Wildman–Crippen MR) is 111 cm³/mol. The molecule has 0 aliphatic carbocycles. The smallest absolute Gasteiger partial charge is 0.341 e. The molecule has 1 saturated heterocycles. The minimum atomic E-state index is -1.08. The molecule has 0 atom stereocenters. The zero-order valence-electron chi connectivity index (χ0n) is 15.9. The summed E-state index contributed by atoms with van der Waals surface area (Å²) in [6, 6.07) is 5.01. The Balaban J connectivity index is 1.86. The second-order valence-corrected chi connectivity index (χ2v) is 7.92. The number of carboxylic acids is 1. The molecule has 1 aliphatic heterocycles. The van der Waals surface area contributed by atoms with Gasteiger partial charge in [0.25, 0.3) is 5.91 Å². The highest BCUT2D eigenvalue weighted by Crippen LogP contribution is 2.36. The average Bonchev–Trinajstić information content (AvgIpc) is 3.23. The van der Waals surface area contributed by atoms with Crippen LogP contribution in [0, 0.1) is 6.92 Å². The molecule has 0 unspecified atom stereocenters. The number of aliphatic imine (C=N–C) groups is 1. The highest BCUT2D eigenvalue weighted by atomic mass is 32.2. The molecule has 152 valence electrons. The molecule has 29 heavy (non-hydrogen) atoms. The Hall–Kier alpha value is -2.92.